The summed E-state index contributed by atoms with van der Waals surface area (Å²) in [5.41, 5.74) is 10.6. The van der Waals surface area contributed by atoms with Crippen LogP contribution in [0.1, 0.15) is 49.7 Å². The minimum Gasteiger partial charge on any atom is -0.324 e. The van der Waals surface area contributed by atoms with E-state index in [0.29, 0.717) is 0 Å². The third-order valence-corrected chi connectivity index (χ3v) is 3.88. The van der Waals surface area contributed by atoms with E-state index in [2.05, 4.69) is 37.3 Å². The lowest BCUT2D eigenvalue weighted by molar-refractivity contribution is 0.639. The lowest BCUT2D eigenvalue weighted by atomic mass is 9.96. The number of hydrogen-bond donors (Lipinski definition) is 1. The zero-order chi connectivity index (χ0) is 12.8. The number of nitrogens with two attached hydrogens (primary N) is 1. The molecule has 1 nitrogen and oxygen atoms in total. The van der Waals surface area contributed by atoms with Gasteiger partial charge in [0.2, 0.25) is 0 Å². The van der Waals surface area contributed by atoms with Gasteiger partial charge in [0.1, 0.15) is 0 Å². The molecule has 1 aromatic carbocycles. The molecule has 0 aromatic heterocycles. The first-order valence-electron chi connectivity index (χ1n) is 7.26. The molecule has 0 saturated heterocycles. The van der Waals surface area contributed by atoms with Crippen molar-refractivity contribution < 1.29 is 0 Å². The summed E-state index contributed by atoms with van der Waals surface area (Å²) in [5, 5.41) is 0. The predicted molar refractivity (Wildman–Crippen MR) is 78.6 cm³/mol. The highest BCUT2D eigenvalue weighted by Gasteiger charge is 2.11. The Hall–Kier alpha value is -1.08. The van der Waals surface area contributed by atoms with Crippen LogP contribution in [0.25, 0.3) is 0 Å². The summed E-state index contributed by atoms with van der Waals surface area (Å²) in [6, 6.07) is 9.04. The molecular weight excluding hydrogens is 218 g/mol. The van der Waals surface area contributed by atoms with Crippen LogP contribution < -0.4 is 5.73 Å². The maximum atomic E-state index is 6.34. The highest BCUT2D eigenvalue weighted by Crippen LogP contribution is 2.21. The number of rotatable bonds is 4. The molecule has 98 valence electrons. The van der Waals surface area contributed by atoms with Gasteiger partial charge >= 0.3 is 0 Å². The van der Waals surface area contributed by atoms with Crippen LogP contribution in [0.4, 0.5) is 0 Å². The summed E-state index contributed by atoms with van der Waals surface area (Å²) < 4.78 is 0. The summed E-state index contributed by atoms with van der Waals surface area (Å²) in [6.07, 6.45) is 11.1. The maximum Gasteiger partial charge on any atom is 0.0256 e. The number of aryl methyl sites for hydroxylation is 2. The van der Waals surface area contributed by atoms with E-state index in [4.69, 9.17) is 5.73 Å². The van der Waals surface area contributed by atoms with Gasteiger partial charge in [0.15, 0.2) is 0 Å². The molecule has 0 heterocycles. The SMILES string of the molecule is Cc1cccc(CCC(N)C2=CCCCCC2)c1. The van der Waals surface area contributed by atoms with E-state index in [1.165, 1.54) is 48.8 Å². The second-order valence-electron chi connectivity index (χ2n) is 5.51. The molecule has 1 aliphatic carbocycles. The summed E-state index contributed by atoms with van der Waals surface area (Å²) in [7, 11) is 0. The van der Waals surface area contributed by atoms with Crippen LogP contribution in [-0.4, -0.2) is 6.04 Å². The molecule has 0 radical (unpaired) electrons. The van der Waals surface area contributed by atoms with Gasteiger partial charge in [-0.3, -0.25) is 0 Å². The van der Waals surface area contributed by atoms with E-state index in [1.807, 2.05) is 0 Å². The van der Waals surface area contributed by atoms with Crippen molar-refractivity contribution in [3.63, 3.8) is 0 Å². The smallest absolute Gasteiger partial charge is 0.0256 e. The van der Waals surface area contributed by atoms with Gasteiger partial charge in [-0.05, 0) is 51.0 Å². The van der Waals surface area contributed by atoms with Gasteiger partial charge in [-0.2, -0.15) is 0 Å². The van der Waals surface area contributed by atoms with Gasteiger partial charge in [0.05, 0.1) is 0 Å². The number of benzene rings is 1. The topological polar surface area (TPSA) is 26.0 Å². The third-order valence-electron chi connectivity index (χ3n) is 3.88. The fourth-order valence-corrected chi connectivity index (χ4v) is 2.75. The molecule has 18 heavy (non-hydrogen) atoms. The molecule has 1 aliphatic rings. The van der Waals surface area contributed by atoms with E-state index >= 15 is 0 Å². The first kappa shape index (κ1) is 13.4. The molecule has 2 rings (SSSR count). The molecular formula is C17H25N. The van der Waals surface area contributed by atoms with Crippen LogP contribution in [0.2, 0.25) is 0 Å². The summed E-state index contributed by atoms with van der Waals surface area (Å²) in [4.78, 5) is 0. The van der Waals surface area contributed by atoms with Gasteiger partial charge in [-0.1, -0.05) is 47.9 Å². The second kappa shape index (κ2) is 6.75. The summed E-state index contributed by atoms with van der Waals surface area (Å²) in [5.74, 6) is 0. The fraction of sp³-hybridized carbons (Fsp3) is 0.529. The van der Waals surface area contributed by atoms with Crippen molar-refractivity contribution in [1.29, 1.82) is 0 Å². The zero-order valence-electron chi connectivity index (χ0n) is 11.5. The van der Waals surface area contributed by atoms with E-state index in [0.717, 1.165) is 12.8 Å². The highest BCUT2D eigenvalue weighted by atomic mass is 14.6. The molecule has 0 aliphatic heterocycles. The first-order chi connectivity index (χ1) is 8.75. The molecule has 0 amide bonds. The van der Waals surface area contributed by atoms with Gasteiger partial charge in [0.25, 0.3) is 0 Å². The van der Waals surface area contributed by atoms with E-state index < -0.39 is 0 Å². The van der Waals surface area contributed by atoms with Crippen molar-refractivity contribution in [2.24, 2.45) is 5.73 Å². The molecule has 0 fully saturated rings. The molecule has 2 N–H and O–H groups in total. The van der Waals surface area contributed by atoms with Crippen LogP contribution in [0.3, 0.4) is 0 Å². The molecule has 1 heteroatoms. The van der Waals surface area contributed by atoms with Gasteiger partial charge < -0.3 is 5.73 Å². The van der Waals surface area contributed by atoms with Crippen molar-refractivity contribution in [1.82, 2.24) is 0 Å². The minimum atomic E-state index is 0.267. The largest absolute Gasteiger partial charge is 0.324 e. The Labute approximate surface area is 111 Å². The van der Waals surface area contributed by atoms with Gasteiger partial charge in [-0.15, -0.1) is 0 Å². The Kier molecular flexibility index (Phi) is 5.00. The maximum absolute atomic E-state index is 6.34. The highest BCUT2D eigenvalue weighted by molar-refractivity contribution is 5.23. The Balaban J connectivity index is 1.87. The van der Waals surface area contributed by atoms with Crippen LogP contribution in [-0.2, 0) is 6.42 Å². The normalized spacial score (nSPS) is 18.0. The van der Waals surface area contributed by atoms with Crippen LogP contribution in [0, 0.1) is 6.92 Å². The summed E-state index contributed by atoms with van der Waals surface area (Å²) in [6.45, 7) is 2.15. The molecule has 0 bridgehead atoms. The monoisotopic (exact) mass is 243 g/mol. The molecule has 1 unspecified atom stereocenters. The average molecular weight is 243 g/mol. The van der Waals surface area contributed by atoms with Crippen LogP contribution >= 0.6 is 0 Å². The van der Waals surface area contributed by atoms with Crippen LogP contribution in [0.15, 0.2) is 35.9 Å². The third kappa shape index (κ3) is 3.99. The Morgan fingerprint density at radius 2 is 2.11 bits per heavy atom. The number of allylic oxidation sites excluding steroid dienone is 1. The Morgan fingerprint density at radius 3 is 2.94 bits per heavy atom. The number of hydrogen-bond acceptors (Lipinski definition) is 1. The Bertz CT molecular complexity index is 406. The van der Waals surface area contributed by atoms with Crippen molar-refractivity contribution in [2.45, 2.75) is 57.9 Å². The van der Waals surface area contributed by atoms with Crippen molar-refractivity contribution in [2.75, 3.05) is 0 Å². The van der Waals surface area contributed by atoms with Crippen LogP contribution in [0.5, 0.6) is 0 Å². The average Bonchev–Trinajstić information content (AvgIpc) is 2.65. The standard InChI is InChI=1S/C17H25N/c1-14-7-6-8-15(13-14)11-12-17(18)16-9-4-2-3-5-10-16/h6-9,13,17H,2-5,10-12,18H2,1H3. The van der Waals surface area contributed by atoms with E-state index in [-0.39, 0.29) is 6.04 Å². The minimum absolute atomic E-state index is 0.267. The van der Waals surface area contributed by atoms with Crippen molar-refractivity contribution in [3.8, 4) is 0 Å². The molecule has 0 spiro atoms. The molecule has 1 aromatic rings. The van der Waals surface area contributed by atoms with Gasteiger partial charge in [-0.25, -0.2) is 0 Å². The molecule has 0 saturated carbocycles. The van der Waals surface area contributed by atoms with E-state index in [1.54, 1.807) is 0 Å². The molecule has 1 atom stereocenters. The lowest BCUT2D eigenvalue weighted by Gasteiger charge is -2.15. The summed E-state index contributed by atoms with van der Waals surface area (Å²) >= 11 is 0. The van der Waals surface area contributed by atoms with Crippen molar-refractivity contribution in [3.05, 3.63) is 47.0 Å². The van der Waals surface area contributed by atoms with E-state index in [9.17, 15) is 0 Å². The quantitative estimate of drug-likeness (QED) is 0.790. The zero-order valence-corrected chi connectivity index (χ0v) is 11.5. The van der Waals surface area contributed by atoms with Crippen molar-refractivity contribution >= 4 is 0 Å². The second-order valence-corrected chi connectivity index (χ2v) is 5.51. The Morgan fingerprint density at radius 1 is 1.22 bits per heavy atom. The first-order valence-corrected chi connectivity index (χ1v) is 7.26. The van der Waals surface area contributed by atoms with Gasteiger partial charge in [0, 0.05) is 6.04 Å². The fourth-order valence-electron chi connectivity index (χ4n) is 2.75. The predicted octanol–water partition coefficient (Wildman–Crippen LogP) is 4.15. The lowest BCUT2D eigenvalue weighted by Crippen LogP contribution is -2.23.